The number of carboxylic acid groups (broad SMARTS) is 1. The third-order valence-electron chi connectivity index (χ3n) is 7.30. The molecule has 2 fully saturated rings. The molecule has 2 atom stereocenters. The molecule has 1 aromatic heterocycles. The number of piperidine rings is 1. The standard InChI is InChI=1S/C26H30FN3O3/c1-16-11-24(33-2)22(21-7-9-28-25(16)21)15-29-10-8-20(30-13-19(27)14-30)12-23(29)17-3-5-18(6-4-17)26(31)32/h3-7,9,11,19-20,23,28H,8,10,12-15H2,1-2H3,(H,31,32)/t20-,23-/m0/s1. The first kappa shape index (κ1) is 21.9. The number of methoxy groups -OCH3 is 1. The molecule has 0 unspecified atom stereocenters. The SMILES string of the molecule is COc1cc(C)c2[nH]ccc2c1CN1CC[C@H](N2CC(F)C2)C[C@H]1c1ccc(C(=O)O)cc1. The summed E-state index contributed by atoms with van der Waals surface area (Å²) in [4.78, 5) is 19.4. The molecule has 2 saturated heterocycles. The number of hydrogen-bond acceptors (Lipinski definition) is 4. The molecule has 2 N–H and O–H groups in total. The molecule has 3 heterocycles. The molecule has 0 spiro atoms. The van der Waals surface area contributed by atoms with Gasteiger partial charge in [-0.25, -0.2) is 9.18 Å². The van der Waals surface area contributed by atoms with Gasteiger partial charge >= 0.3 is 5.97 Å². The fraction of sp³-hybridized carbons (Fsp3) is 0.423. The van der Waals surface area contributed by atoms with E-state index in [2.05, 4.69) is 33.8 Å². The highest BCUT2D eigenvalue weighted by Gasteiger charge is 2.38. The van der Waals surface area contributed by atoms with Gasteiger partial charge in [0.2, 0.25) is 0 Å². The number of rotatable bonds is 6. The molecule has 3 aromatic rings. The Morgan fingerprint density at radius 2 is 2.00 bits per heavy atom. The second-order valence-corrected chi connectivity index (χ2v) is 9.28. The predicted octanol–water partition coefficient (Wildman–Crippen LogP) is 4.54. The number of halogens is 1. The monoisotopic (exact) mass is 451 g/mol. The number of alkyl halides is 1. The summed E-state index contributed by atoms with van der Waals surface area (Å²) in [6.45, 7) is 4.72. The van der Waals surface area contributed by atoms with Gasteiger partial charge < -0.3 is 14.8 Å². The lowest BCUT2D eigenvalue weighted by molar-refractivity contribution is -0.0155. The Balaban J connectivity index is 1.47. The maximum atomic E-state index is 13.5. The second kappa shape index (κ2) is 8.80. The minimum absolute atomic E-state index is 0.116. The van der Waals surface area contributed by atoms with Crippen molar-refractivity contribution in [2.24, 2.45) is 0 Å². The van der Waals surface area contributed by atoms with Gasteiger partial charge in [-0.05, 0) is 55.2 Å². The van der Waals surface area contributed by atoms with Gasteiger partial charge in [-0.15, -0.1) is 0 Å². The van der Waals surface area contributed by atoms with E-state index in [0.29, 0.717) is 19.1 Å². The van der Waals surface area contributed by atoms with Crippen molar-refractivity contribution in [1.82, 2.24) is 14.8 Å². The molecule has 0 saturated carbocycles. The number of carboxylic acids is 1. The van der Waals surface area contributed by atoms with Crippen LogP contribution in [0.3, 0.4) is 0 Å². The summed E-state index contributed by atoms with van der Waals surface area (Å²) in [6.07, 6.45) is 3.13. The van der Waals surface area contributed by atoms with Crippen LogP contribution in [0.1, 0.15) is 45.9 Å². The molecule has 2 aliphatic heterocycles. The number of nitrogens with one attached hydrogen (secondary N) is 1. The number of ether oxygens (including phenoxy) is 1. The van der Waals surface area contributed by atoms with Crippen LogP contribution >= 0.6 is 0 Å². The van der Waals surface area contributed by atoms with Crippen molar-refractivity contribution in [3.05, 3.63) is 64.8 Å². The van der Waals surface area contributed by atoms with Crippen LogP contribution in [0.15, 0.2) is 42.6 Å². The Kier molecular flexibility index (Phi) is 5.85. The molecule has 0 bridgehead atoms. The van der Waals surface area contributed by atoms with Crippen molar-refractivity contribution in [3.63, 3.8) is 0 Å². The van der Waals surface area contributed by atoms with E-state index in [0.717, 1.165) is 59.3 Å². The number of hydrogen-bond donors (Lipinski definition) is 2. The van der Waals surface area contributed by atoms with Crippen molar-refractivity contribution >= 4 is 16.9 Å². The average molecular weight is 452 g/mol. The maximum absolute atomic E-state index is 13.5. The quantitative estimate of drug-likeness (QED) is 0.576. The molecule has 2 aliphatic rings. The molecule has 5 rings (SSSR count). The number of likely N-dealkylation sites (tertiary alicyclic amines) is 2. The smallest absolute Gasteiger partial charge is 0.335 e. The van der Waals surface area contributed by atoms with Crippen LogP contribution in [0.5, 0.6) is 5.75 Å². The van der Waals surface area contributed by atoms with Crippen LogP contribution < -0.4 is 4.74 Å². The summed E-state index contributed by atoms with van der Waals surface area (Å²) >= 11 is 0. The summed E-state index contributed by atoms with van der Waals surface area (Å²) in [5.74, 6) is -0.0431. The van der Waals surface area contributed by atoms with E-state index in [1.165, 1.54) is 0 Å². The summed E-state index contributed by atoms with van der Waals surface area (Å²) < 4.78 is 19.3. The van der Waals surface area contributed by atoms with Gasteiger partial charge in [0.15, 0.2) is 0 Å². The molecular formula is C26H30FN3O3. The Morgan fingerprint density at radius 1 is 1.24 bits per heavy atom. The van der Waals surface area contributed by atoms with E-state index >= 15 is 0 Å². The van der Waals surface area contributed by atoms with Gasteiger partial charge in [0.25, 0.3) is 0 Å². The second-order valence-electron chi connectivity index (χ2n) is 9.28. The minimum atomic E-state index is -0.922. The predicted molar refractivity (Wildman–Crippen MR) is 126 cm³/mol. The first-order chi connectivity index (χ1) is 15.9. The van der Waals surface area contributed by atoms with Crippen LogP contribution in [-0.4, -0.2) is 64.8 Å². The third kappa shape index (κ3) is 4.11. The van der Waals surface area contributed by atoms with Gasteiger partial charge in [0, 0.05) is 60.9 Å². The lowest BCUT2D eigenvalue weighted by Crippen LogP contribution is -2.56. The third-order valence-corrected chi connectivity index (χ3v) is 7.30. The zero-order valence-corrected chi connectivity index (χ0v) is 19.1. The van der Waals surface area contributed by atoms with Gasteiger partial charge in [-0.3, -0.25) is 9.80 Å². The largest absolute Gasteiger partial charge is 0.496 e. The number of aromatic nitrogens is 1. The summed E-state index contributed by atoms with van der Waals surface area (Å²) in [6, 6.07) is 11.8. The molecule has 6 nitrogen and oxygen atoms in total. The number of benzene rings is 2. The zero-order valence-electron chi connectivity index (χ0n) is 19.1. The van der Waals surface area contributed by atoms with Crippen molar-refractivity contribution in [1.29, 1.82) is 0 Å². The Hall–Kier alpha value is -2.90. The van der Waals surface area contributed by atoms with E-state index in [9.17, 15) is 14.3 Å². The van der Waals surface area contributed by atoms with Gasteiger partial charge in [-0.1, -0.05) is 12.1 Å². The van der Waals surface area contributed by atoms with E-state index in [1.54, 1.807) is 19.2 Å². The van der Waals surface area contributed by atoms with E-state index in [1.807, 2.05) is 18.3 Å². The first-order valence-corrected chi connectivity index (χ1v) is 11.5. The van der Waals surface area contributed by atoms with Crippen molar-refractivity contribution < 1.29 is 19.0 Å². The Morgan fingerprint density at radius 3 is 2.67 bits per heavy atom. The topological polar surface area (TPSA) is 68.8 Å². The molecule has 33 heavy (non-hydrogen) atoms. The van der Waals surface area contributed by atoms with Crippen LogP contribution in [0, 0.1) is 6.92 Å². The molecule has 0 amide bonds. The summed E-state index contributed by atoms with van der Waals surface area (Å²) in [5, 5.41) is 10.5. The summed E-state index contributed by atoms with van der Waals surface area (Å²) in [7, 11) is 1.71. The number of aromatic carboxylic acids is 1. The van der Waals surface area contributed by atoms with Crippen LogP contribution in [0.2, 0.25) is 0 Å². The van der Waals surface area contributed by atoms with Gasteiger partial charge in [-0.2, -0.15) is 0 Å². The zero-order chi connectivity index (χ0) is 23.1. The minimum Gasteiger partial charge on any atom is -0.496 e. The highest BCUT2D eigenvalue weighted by molar-refractivity contribution is 5.88. The van der Waals surface area contributed by atoms with E-state index in [-0.39, 0.29) is 11.6 Å². The summed E-state index contributed by atoms with van der Waals surface area (Å²) in [5.41, 5.74) is 4.80. The molecule has 0 aliphatic carbocycles. The average Bonchev–Trinajstić information content (AvgIpc) is 3.30. The molecule has 7 heteroatoms. The fourth-order valence-electron chi connectivity index (χ4n) is 5.45. The maximum Gasteiger partial charge on any atom is 0.335 e. The van der Waals surface area contributed by atoms with Crippen LogP contribution in [0.25, 0.3) is 10.9 Å². The highest BCUT2D eigenvalue weighted by Crippen LogP contribution is 2.39. The fourth-order valence-corrected chi connectivity index (χ4v) is 5.45. The Bertz CT molecular complexity index is 1150. The molecule has 174 valence electrons. The Labute approximate surface area is 193 Å². The van der Waals surface area contributed by atoms with Gasteiger partial charge in [0.05, 0.1) is 12.7 Å². The molecular weight excluding hydrogens is 421 g/mol. The number of aryl methyl sites for hydroxylation is 1. The lowest BCUT2D eigenvalue weighted by Gasteiger charge is -2.48. The number of nitrogens with zero attached hydrogens (tertiary/aromatic N) is 2. The number of aromatic amines is 1. The van der Waals surface area contributed by atoms with Crippen LogP contribution in [0.4, 0.5) is 4.39 Å². The normalized spacial score (nSPS) is 22.4. The van der Waals surface area contributed by atoms with E-state index in [4.69, 9.17) is 4.74 Å². The van der Waals surface area contributed by atoms with Gasteiger partial charge in [0.1, 0.15) is 11.9 Å². The number of H-pyrrole nitrogens is 1. The lowest BCUT2D eigenvalue weighted by atomic mass is 9.88. The van der Waals surface area contributed by atoms with Crippen molar-refractivity contribution in [3.8, 4) is 5.75 Å². The molecule has 0 radical (unpaired) electrons. The van der Waals surface area contributed by atoms with Crippen molar-refractivity contribution in [2.45, 2.75) is 44.6 Å². The highest BCUT2D eigenvalue weighted by atomic mass is 19.1. The number of carbonyl (C=O) groups is 1. The van der Waals surface area contributed by atoms with Crippen molar-refractivity contribution in [2.75, 3.05) is 26.7 Å². The number of fused-ring (bicyclic) bond motifs is 1. The van der Waals surface area contributed by atoms with E-state index < -0.39 is 12.1 Å². The van der Waals surface area contributed by atoms with Crippen LogP contribution in [-0.2, 0) is 6.54 Å². The first-order valence-electron chi connectivity index (χ1n) is 11.5. The molecule has 2 aromatic carbocycles.